The standard InChI is InChI=1S/C25H31N5O2/c1-16(2)13-26-23-24-27-14-22(30(24)15-21(29-23)17-9-11-32-12-10-17)18-3-5-19(6-4-18)25(31)28-20-7-8-20/h3-6,14-17,20H,7-13H2,1-2H3,(H,26,29)(H,28,31). The van der Waals surface area contributed by atoms with Crippen molar-refractivity contribution in [2.24, 2.45) is 5.92 Å². The number of carbonyl (C=O) groups is 1. The molecule has 0 bridgehead atoms. The molecule has 0 spiro atoms. The number of nitrogens with one attached hydrogen (secondary N) is 2. The summed E-state index contributed by atoms with van der Waals surface area (Å²) in [6, 6.07) is 8.15. The predicted octanol–water partition coefficient (Wildman–Crippen LogP) is 4.25. The molecule has 32 heavy (non-hydrogen) atoms. The fourth-order valence-electron chi connectivity index (χ4n) is 4.12. The van der Waals surface area contributed by atoms with Gasteiger partial charge >= 0.3 is 0 Å². The third-order valence-corrected chi connectivity index (χ3v) is 6.18. The average Bonchev–Trinajstić information content (AvgIpc) is 3.53. The van der Waals surface area contributed by atoms with Gasteiger partial charge in [0.15, 0.2) is 11.5 Å². The third kappa shape index (κ3) is 4.48. The van der Waals surface area contributed by atoms with Crippen LogP contribution in [-0.4, -0.2) is 46.1 Å². The molecule has 1 amide bonds. The van der Waals surface area contributed by atoms with Crippen LogP contribution in [0.4, 0.5) is 5.82 Å². The molecule has 1 saturated carbocycles. The summed E-state index contributed by atoms with van der Waals surface area (Å²) in [5.41, 5.74) is 4.62. The van der Waals surface area contributed by atoms with Crippen LogP contribution >= 0.6 is 0 Å². The molecule has 168 valence electrons. The van der Waals surface area contributed by atoms with E-state index >= 15 is 0 Å². The van der Waals surface area contributed by atoms with E-state index in [0.29, 0.717) is 23.4 Å². The van der Waals surface area contributed by atoms with Gasteiger partial charge in [-0.2, -0.15) is 0 Å². The number of fused-ring (bicyclic) bond motifs is 1. The Labute approximate surface area is 188 Å². The molecule has 1 aromatic carbocycles. The fourth-order valence-corrected chi connectivity index (χ4v) is 4.12. The van der Waals surface area contributed by atoms with E-state index in [0.717, 1.165) is 73.9 Å². The summed E-state index contributed by atoms with van der Waals surface area (Å²) in [7, 11) is 0. The maximum atomic E-state index is 12.3. The first-order chi connectivity index (χ1) is 15.6. The van der Waals surface area contributed by atoms with Crippen LogP contribution in [0.2, 0.25) is 0 Å². The Balaban J connectivity index is 1.49. The van der Waals surface area contributed by atoms with Gasteiger partial charge in [-0.1, -0.05) is 26.0 Å². The van der Waals surface area contributed by atoms with Gasteiger partial charge in [0.05, 0.1) is 17.6 Å². The Kier molecular flexibility index (Phi) is 5.83. The van der Waals surface area contributed by atoms with Crippen LogP contribution in [-0.2, 0) is 4.74 Å². The van der Waals surface area contributed by atoms with E-state index in [1.165, 1.54) is 0 Å². The molecule has 2 N–H and O–H groups in total. The van der Waals surface area contributed by atoms with Crippen molar-refractivity contribution in [3.63, 3.8) is 0 Å². The van der Waals surface area contributed by atoms with Crippen molar-refractivity contribution in [3.8, 4) is 11.3 Å². The van der Waals surface area contributed by atoms with Gasteiger partial charge in [-0.05, 0) is 43.7 Å². The van der Waals surface area contributed by atoms with Crippen molar-refractivity contribution in [2.75, 3.05) is 25.1 Å². The Hall–Kier alpha value is -2.93. The molecule has 7 heteroatoms. The highest BCUT2D eigenvalue weighted by Gasteiger charge is 2.24. The van der Waals surface area contributed by atoms with Crippen molar-refractivity contribution < 1.29 is 9.53 Å². The van der Waals surface area contributed by atoms with Crippen molar-refractivity contribution in [2.45, 2.75) is 51.5 Å². The number of amides is 1. The first-order valence-electron chi connectivity index (χ1n) is 11.7. The molecule has 3 aromatic rings. The van der Waals surface area contributed by atoms with E-state index in [2.05, 4.69) is 35.1 Å². The number of nitrogens with zero attached hydrogens (tertiary/aromatic N) is 3. The Morgan fingerprint density at radius 2 is 1.91 bits per heavy atom. The summed E-state index contributed by atoms with van der Waals surface area (Å²) in [4.78, 5) is 22.0. The molecule has 1 aliphatic heterocycles. The lowest BCUT2D eigenvalue weighted by Crippen LogP contribution is -2.25. The first kappa shape index (κ1) is 20.9. The molecular weight excluding hydrogens is 402 g/mol. The Bertz CT molecular complexity index is 1100. The molecular formula is C25H31N5O2. The highest BCUT2D eigenvalue weighted by Crippen LogP contribution is 2.30. The number of hydrogen-bond acceptors (Lipinski definition) is 5. The van der Waals surface area contributed by atoms with E-state index < -0.39 is 0 Å². The minimum absolute atomic E-state index is 0.00312. The SMILES string of the molecule is CC(C)CNc1nc(C2CCOCC2)cn2c(-c3ccc(C(=O)NC4CC4)cc3)cnc12. The lowest BCUT2D eigenvalue weighted by atomic mass is 9.97. The quantitative estimate of drug-likeness (QED) is 0.582. The first-order valence-corrected chi connectivity index (χ1v) is 11.7. The third-order valence-electron chi connectivity index (χ3n) is 6.18. The molecule has 0 radical (unpaired) electrons. The van der Waals surface area contributed by atoms with Crippen molar-refractivity contribution in [3.05, 3.63) is 47.9 Å². The zero-order valence-corrected chi connectivity index (χ0v) is 18.8. The van der Waals surface area contributed by atoms with Crippen LogP contribution in [0.25, 0.3) is 16.9 Å². The Morgan fingerprint density at radius 3 is 2.59 bits per heavy atom. The van der Waals surface area contributed by atoms with Crippen LogP contribution in [0.3, 0.4) is 0 Å². The minimum atomic E-state index is 0.00312. The second-order valence-electron chi connectivity index (χ2n) is 9.34. The van der Waals surface area contributed by atoms with Crippen molar-refractivity contribution >= 4 is 17.4 Å². The van der Waals surface area contributed by atoms with Crippen LogP contribution in [0.5, 0.6) is 0 Å². The molecule has 5 rings (SSSR count). The average molecular weight is 434 g/mol. The van der Waals surface area contributed by atoms with E-state index in [4.69, 9.17) is 14.7 Å². The molecule has 3 heterocycles. The molecule has 0 atom stereocenters. The van der Waals surface area contributed by atoms with Gasteiger partial charge in [0.1, 0.15) is 0 Å². The minimum Gasteiger partial charge on any atom is -0.381 e. The maximum absolute atomic E-state index is 12.3. The van der Waals surface area contributed by atoms with Gasteiger partial charge in [0.25, 0.3) is 5.91 Å². The van der Waals surface area contributed by atoms with Crippen LogP contribution < -0.4 is 10.6 Å². The topological polar surface area (TPSA) is 80.5 Å². The summed E-state index contributed by atoms with van der Waals surface area (Å²) in [5.74, 6) is 1.72. The maximum Gasteiger partial charge on any atom is 0.251 e. The molecule has 7 nitrogen and oxygen atoms in total. The van der Waals surface area contributed by atoms with Gasteiger partial charge in [-0.3, -0.25) is 9.20 Å². The van der Waals surface area contributed by atoms with Gasteiger partial charge in [0, 0.05) is 49.0 Å². The van der Waals surface area contributed by atoms with E-state index in [9.17, 15) is 4.79 Å². The molecule has 1 saturated heterocycles. The lowest BCUT2D eigenvalue weighted by Gasteiger charge is -2.22. The smallest absolute Gasteiger partial charge is 0.251 e. The van der Waals surface area contributed by atoms with E-state index in [1.807, 2.05) is 30.5 Å². The van der Waals surface area contributed by atoms with Crippen LogP contribution in [0.1, 0.15) is 61.5 Å². The van der Waals surface area contributed by atoms with E-state index in [1.54, 1.807) is 0 Å². The number of carbonyl (C=O) groups excluding carboxylic acids is 1. The summed E-state index contributed by atoms with van der Waals surface area (Å²) in [6.45, 7) is 6.77. The predicted molar refractivity (Wildman–Crippen MR) is 125 cm³/mol. The number of imidazole rings is 1. The monoisotopic (exact) mass is 433 g/mol. The summed E-state index contributed by atoms with van der Waals surface area (Å²) >= 11 is 0. The van der Waals surface area contributed by atoms with E-state index in [-0.39, 0.29) is 5.91 Å². The number of rotatable bonds is 7. The summed E-state index contributed by atoms with van der Waals surface area (Å²) < 4.78 is 7.70. The Morgan fingerprint density at radius 1 is 1.16 bits per heavy atom. The molecule has 1 aliphatic carbocycles. The van der Waals surface area contributed by atoms with Gasteiger partial charge in [-0.15, -0.1) is 0 Å². The molecule has 0 unspecified atom stereocenters. The number of hydrogen-bond donors (Lipinski definition) is 2. The largest absolute Gasteiger partial charge is 0.381 e. The highest BCUT2D eigenvalue weighted by atomic mass is 16.5. The fraction of sp³-hybridized carbons (Fsp3) is 0.480. The number of ether oxygens (including phenoxy) is 1. The zero-order chi connectivity index (χ0) is 22.1. The lowest BCUT2D eigenvalue weighted by molar-refractivity contribution is 0.0844. The van der Waals surface area contributed by atoms with Crippen molar-refractivity contribution in [1.29, 1.82) is 0 Å². The van der Waals surface area contributed by atoms with Gasteiger partial charge < -0.3 is 15.4 Å². The number of anilines is 1. The van der Waals surface area contributed by atoms with Crippen molar-refractivity contribution in [1.82, 2.24) is 19.7 Å². The molecule has 2 fully saturated rings. The number of benzene rings is 1. The second-order valence-corrected chi connectivity index (χ2v) is 9.34. The normalized spacial score (nSPS) is 17.1. The highest BCUT2D eigenvalue weighted by molar-refractivity contribution is 5.95. The van der Waals surface area contributed by atoms with Crippen LogP contribution in [0, 0.1) is 5.92 Å². The van der Waals surface area contributed by atoms with Gasteiger partial charge in [-0.25, -0.2) is 9.97 Å². The zero-order valence-electron chi connectivity index (χ0n) is 18.8. The second kappa shape index (κ2) is 8.90. The molecule has 2 aliphatic rings. The van der Waals surface area contributed by atoms with Gasteiger partial charge in [0.2, 0.25) is 0 Å². The summed E-state index contributed by atoms with van der Waals surface area (Å²) in [5, 5.41) is 6.55. The number of aromatic nitrogens is 3. The van der Waals surface area contributed by atoms with Crippen LogP contribution in [0.15, 0.2) is 36.7 Å². The molecule has 2 aromatic heterocycles. The summed E-state index contributed by atoms with van der Waals surface area (Å²) in [6.07, 6.45) is 8.16.